The lowest BCUT2D eigenvalue weighted by Gasteiger charge is -2.12. The molecule has 0 aliphatic heterocycles. The Morgan fingerprint density at radius 1 is 0.792 bits per heavy atom. The molecule has 128 valence electrons. The van der Waals surface area contributed by atoms with E-state index in [4.69, 9.17) is 0 Å². The zero-order valence-corrected chi connectivity index (χ0v) is 16.7. The standard InChI is InChI=1S/C17H15Br2N3.2H2O/c1-9-4-12-15(6-10(9)2)20-8-21-17(12)22-16-7-13(18)11(3)5-14(16)19;;/h4-8H,1-3H3,(H,20,21,22);2*1H2. The summed E-state index contributed by atoms with van der Waals surface area (Å²) in [5.41, 5.74) is 5.56. The Hall–Kier alpha value is -1.54. The second kappa shape index (κ2) is 8.02. The van der Waals surface area contributed by atoms with Crippen molar-refractivity contribution in [1.29, 1.82) is 0 Å². The van der Waals surface area contributed by atoms with Gasteiger partial charge in [-0.15, -0.1) is 0 Å². The molecule has 7 heteroatoms. The third kappa shape index (κ3) is 3.92. The maximum Gasteiger partial charge on any atom is 0.141 e. The van der Waals surface area contributed by atoms with E-state index in [1.807, 2.05) is 0 Å². The van der Waals surface area contributed by atoms with Crippen molar-refractivity contribution in [1.82, 2.24) is 9.97 Å². The lowest BCUT2D eigenvalue weighted by molar-refractivity contribution is 0.823. The molecular formula is C17H19Br2N3O2. The van der Waals surface area contributed by atoms with E-state index in [2.05, 4.69) is 92.2 Å². The van der Waals surface area contributed by atoms with Crippen molar-refractivity contribution in [3.8, 4) is 0 Å². The minimum atomic E-state index is 0. The molecule has 0 fully saturated rings. The lowest BCUT2D eigenvalue weighted by atomic mass is 10.1. The highest BCUT2D eigenvalue weighted by Gasteiger charge is 2.09. The molecule has 0 unspecified atom stereocenters. The van der Waals surface area contributed by atoms with Crippen molar-refractivity contribution in [3.63, 3.8) is 0 Å². The zero-order valence-electron chi connectivity index (χ0n) is 13.5. The van der Waals surface area contributed by atoms with Gasteiger partial charge in [0.05, 0.1) is 11.2 Å². The van der Waals surface area contributed by atoms with Crippen LogP contribution in [0.15, 0.2) is 39.5 Å². The molecule has 1 heterocycles. The van der Waals surface area contributed by atoms with Crippen LogP contribution in [0.3, 0.4) is 0 Å². The van der Waals surface area contributed by atoms with Gasteiger partial charge in [-0.1, -0.05) is 15.9 Å². The molecule has 0 aliphatic rings. The Kier molecular flexibility index (Phi) is 6.86. The maximum absolute atomic E-state index is 4.41. The number of benzene rings is 2. The smallest absolute Gasteiger partial charge is 0.141 e. The summed E-state index contributed by atoms with van der Waals surface area (Å²) in [6.07, 6.45) is 1.59. The minimum absolute atomic E-state index is 0. The van der Waals surface area contributed by atoms with Gasteiger partial charge in [0.25, 0.3) is 0 Å². The molecule has 3 aromatic rings. The highest BCUT2D eigenvalue weighted by Crippen LogP contribution is 2.33. The van der Waals surface area contributed by atoms with Gasteiger partial charge in [-0.2, -0.15) is 0 Å². The average molecular weight is 457 g/mol. The number of aromatic nitrogens is 2. The fourth-order valence-electron chi connectivity index (χ4n) is 2.29. The number of aryl methyl sites for hydroxylation is 3. The van der Waals surface area contributed by atoms with Crippen LogP contribution in [0.1, 0.15) is 16.7 Å². The highest BCUT2D eigenvalue weighted by atomic mass is 79.9. The summed E-state index contributed by atoms with van der Waals surface area (Å²) >= 11 is 7.17. The third-order valence-corrected chi connectivity index (χ3v) is 5.26. The van der Waals surface area contributed by atoms with Gasteiger partial charge >= 0.3 is 0 Å². The SMILES string of the molecule is Cc1cc2ncnc(Nc3cc(Br)c(C)cc3Br)c2cc1C.O.O. The van der Waals surface area contributed by atoms with Crippen LogP contribution in [0.5, 0.6) is 0 Å². The summed E-state index contributed by atoms with van der Waals surface area (Å²) in [7, 11) is 0. The summed E-state index contributed by atoms with van der Waals surface area (Å²) in [6.45, 7) is 6.26. The van der Waals surface area contributed by atoms with E-state index >= 15 is 0 Å². The van der Waals surface area contributed by atoms with E-state index in [1.165, 1.54) is 16.7 Å². The summed E-state index contributed by atoms with van der Waals surface area (Å²) in [5.74, 6) is 0.810. The van der Waals surface area contributed by atoms with Crippen molar-refractivity contribution >= 4 is 54.3 Å². The molecule has 3 rings (SSSR count). The minimum Gasteiger partial charge on any atom is -0.412 e. The van der Waals surface area contributed by atoms with Crippen molar-refractivity contribution in [2.24, 2.45) is 0 Å². The van der Waals surface area contributed by atoms with Gasteiger partial charge in [0.15, 0.2) is 0 Å². The molecule has 0 atom stereocenters. The Morgan fingerprint density at radius 3 is 2.17 bits per heavy atom. The molecule has 0 aliphatic carbocycles. The van der Waals surface area contributed by atoms with Crippen LogP contribution in [0.2, 0.25) is 0 Å². The fraction of sp³-hybridized carbons (Fsp3) is 0.176. The van der Waals surface area contributed by atoms with Gasteiger partial charge < -0.3 is 16.3 Å². The molecule has 0 amide bonds. The van der Waals surface area contributed by atoms with E-state index in [1.54, 1.807) is 6.33 Å². The van der Waals surface area contributed by atoms with E-state index in [-0.39, 0.29) is 11.0 Å². The van der Waals surface area contributed by atoms with Gasteiger partial charge in [-0.25, -0.2) is 9.97 Å². The van der Waals surface area contributed by atoms with Crippen LogP contribution in [-0.2, 0) is 0 Å². The number of nitrogens with zero attached hydrogens (tertiary/aromatic N) is 2. The average Bonchev–Trinajstić information content (AvgIpc) is 2.46. The monoisotopic (exact) mass is 455 g/mol. The number of nitrogens with one attached hydrogen (secondary N) is 1. The number of hydrogen-bond donors (Lipinski definition) is 1. The van der Waals surface area contributed by atoms with Crippen LogP contribution in [0.4, 0.5) is 11.5 Å². The quantitative estimate of drug-likeness (QED) is 0.625. The summed E-state index contributed by atoms with van der Waals surface area (Å²) < 4.78 is 2.06. The second-order valence-electron chi connectivity index (χ2n) is 5.38. The molecule has 0 spiro atoms. The normalized spacial score (nSPS) is 10.0. The summed E-state index contributed by atoms with van der Waals surface area (Å²) in [4.78, 5) is 8.78. The largest absolute Gasteiger partial charge is 0.412 e. The van der Waals surface area contributed by atoms with Crippen LogP contribution < -0.4 is 5.32 Å². The first-order valence-electron chi connectivity index (χ1n) is 6.90. The number of hydrogen-bond acceptors (Lipinski definition) is 3. The molecule has 0 saturated carbocycles. The number of anilines is 2. The van der Waals surface area contributed by atoms with Gasteiger partial charge in [0.1, 0.15) is 12.1 Å². The summed E-state index contributed by atoms with van der Waals surface area (Å²) in [6, 6.07) is 8.35. The van der Waals surface area contributed by atoms with Gasteiger partial charge in [-0.05, 0) is 77.7 Å². The fourth-order valence-corrected chi connectivity index (χ4v) is 3.19. The van der Waals surface area contributed by atoms with Crippen LogP contribution in [0.25, 0.3) is 10.9 Å². The van der Waals surface area contributed by atoms with Crippen LogP contribution in [-0.4, -0.2) is 20.9 Å². The van der Waals surface area contributed by atoms with Crippen molar-refractivity contribution in [2.45, 2.75) is 20.8 Å². The first-order chi connectivity index (χ1) is 10.5. The number of rotatable bonds is 2. The third-order valence-electron chi connectivity index (χ3n) is 3.75. The Labute approximate surface area is 157 Å². The molecule has 0 bridgehead atoms. The molecule has 0 radical (unpaired) electrons. The Morgan fingerprint density at radius 2 is 1.46 bits per heavy atom. The molecular weight excluding hydrogens is 438 g/mol. The number of fused-ring (bicyclic) bond motifs is 1. The Balaban J connectivity index is 0.00000144. The van der Waals surface area contributed by atoms with Gasteiger partial charge in [0.2, 0.25) is 0 Å². The van der Waals surface area contributed by atoms with Gasteiger partial charge in [-0.3, -0.25) is 0 Å². The zero-order chi connectivity index (χ0) is 15.9. The van der Waals surface area contributed by atoms with E-state index in [0.29, 0.717) is 0 Å². The predicted molar refractivity (Wildman–Crippen MR) is 106 cm³/mol. The molecule has 1 aromatic heterocycles. The highest BCUT2D eigenvalue weighted by molar-refractivity contribution is 9.11. The van der Waals surface area contributed by atoms with Crippen LogP contribution >= 0.6 is 31.9 Å². The predicted octanol–water partition coefficient (Wildman–Crippen LogP) is 4.17. The molecule has 2 aromatic carbocycles. The van der Waals surface area contributed by atoms with Gasteiger partial charge in [0, 0.05) is 14.3 Å². The van der Waals surface area contributed by atoms with Crippen LogP contribution in [0, 0.1) is 20.8 Å². The van der Waals surface area contributed by atoms with E-state index in [9.17, 15) is 0 Å². The molecule has 5 N–H and O–H groups in total. The van der Waals surface area contributed by atoms with Crippen molar-refractivity contribution in [3.05, 3.63) is 56.2 Å². The lowest BCUT2D eigenvalue weighted by Crippen LogP contribution is -1.98. The topological polar surface area (TPSA) is 101 Å². The van der Waals surface area contributed by atoms with Crippen molar-refractivity contribution < 1.29 is 11.0 Å². The molecule has 5 nitrogen and oxygen atoms in total. The Bertz CT molecular complexity index is 885. The number of halogens is 2. The molecule has 24 heavy (non-hydrogen) atoms. The first kappa shape index (κ1) is 20.5. The van der Waals surface area contributed by atoms with E-state index < -0.39 is 0 Å². The summed E-state index contributed by atoms with van der Waals surface area (Å²) in [5, 5.41) is 4.42. The first-order valence-corrected chi connectivity index (χ1v) is 8.49. The second-order valence-corrected chi connectivity index (χ2v) is 7.09. The van der Waals surface area contributed by atoms with Crippen molar-refractivity contribution in [2.75, 3.05) is 5.32 Å². The maximum atomic E-state index is 4.41. The van der Waals surface area contributed by atoms with E-state index in [0.717, 1.165) is 31.4 Å². The molecule has 0 saturated heterocycles.